The summed E-state index contributed by atoms with van der Waals surface area (Å²) in [7, 11) is 1.83. The van der Waals surface area contributed by atoms with Gasteiger partial charge in [0.2, 0.25) is 0 Å². The number of aromatic nitrogens is 2. The van der Waals surface area contributed by atoms with E-state index in [0.29, 0.717) is 17.7 Å². The van der Waals surface area contributed by atoms with Crippen molar-refractivity contribution in [3.8, 4) is 11.3 Å². The SMILES string of the molecule is Cc1c(-c2ccc(F)c(F)c2)nc(CCO)n1C. The number of benzene rings is 1. The van der Waals surface area contributed by atoms with E-state index >= 15 is 0 Å². The van der Waals surface area contributed by atoms with Crippen LogP contribution in [0.2, 0.25) is 0 Å². The van der Waals surface area contributed by atoms with Crippen molar-refractivity contribution in [3.63, 3.8) is 0 Å². The molecule has 18 heavy (non-hydrogen) atoms. The molecule has 1 heterocycles. The van der Waals surface area contributed by atoms with Gasteiger partial charge in [0.25, 0.3) is 0 Å². The molecule has 0 amide bonds. The number of hydrogen-bond acceptors (Lipinski definition) is 2. The van der Waals surface area contributed by atoms with E-state index in [9.17, 15) is 8.78 Å². The number of aliphatic hydroxyl groups excluding tert-OH is 1. The normalized spacial score (nSPS) is 10.9. The Morgan fingerprint density at radius 2 is 2.00 bits per heavy atom. The third-order valence-corrected chi connectivity index (χ3v) is 3.00. The van der Waals surface area contributed by atoms with Crippen LogP contribution in [0, 0.1) is 18.6 Å². The second-order valence-corrected chi connectivity index (χ2v) is 4.12. The highest BCUT2D eigenvalue weighted by molar-refractivity contribution is 5.62. The summed E-state index contributed by atoms with van der Waals surface area (Å²) in [6, 6.07) is 3.72. The average Bonchev–Trinajstić information content (AvgIpc) is 2.62. The largest absolute Gasteiger partial charge is 0.396 e. The van der Waals surface area contributed by atoms with Crippen molar-refractivity contribution in [2.45, 2.75) is 13.3 Å². The minimum absolute atomic E-state index is 0.00150. The maximum Gasteiger partial charge on any atom is 0.159 e. The highest BCUT2D eigenvalue weighted by Crippen LogP contribution is 2.24. The maximum atomic E-state index is 13.2. The summed E-state index contributed by atoms with van der Waals surface area (Å²) >= 11 is 0. The van der Waals surface area contributed by atoms with Crippen molar-refractivity contribution in [3.05, 3.63) is 41.4 Å². The Bertz CT molecular complexity index is 579. The van der Waals surface area contributed by atoms with Gasteiger partial charge in [-0.2, -0.15) is 0 Å². The summed E-state index contributed by atoms with van der Waals surface area (Å²) < 4.78 is 27.9. The molecule has 1 N–H and O–H groups in total. The smallest absolute Gasteiger partial charge is 0.159 e. The Hall–Kier alpha value is -1.75. The average molecular weight is 252 g/mol. The van der Waals surface area contributed by atoms with Gasteiger partial charge in [0.1, 0.15) is 5.82 Å². The van der Waals surface area contributed by atoms with Gasteiger partial charge in [-0.3, -0.25) is 0 Å². The fraction of sp³-hybridized carbons (Fsp3) is 0.308. The lowest BCUT2D eigenvalue weighted by Gasteiger charge is -2.01. The van der Waals surface area contributed by atoms with Crippen LogP contribution in [0.5, 0.6) is 0 Å². The molecule has 1 aromatic heterocycles. The van der Waals surface area contributed by atoms with E-state index in [-0.39, 0.29) is 6.61 Å². The van der Waals surface area contributed by atoms with Crippen molar-refractivity contribution in [2.24, 2.45) is 7.05 Å². The molecular formula is C13H14F2N2O. The predicted octanol–water partition coefficient (Wildman–Crippen LogP) is 2.21. The zero-order chi connectivity index (χ0) is 13.3. The molecule has 0 unspecified atom stereocenters. The zero-order valence-corrected chi connectivity index (χ0v) is 10.2. The van der Waals surface area contributed by atoms with Crippen molar-refractivity contribution in [1.82, 2.24) is 9.55 Å². The van der Waals surface area contributed by atoms with Gasteiger partial charge < -0.3 is 9.67 Å². The minimum Gasteiger partial charge on any atom is -0.396 e. The number of imidazole rings is 1. The molecule has 0 saturated carbocycles. The molecule has 3 nitrogen and oxygen atoms in total. The second-order valence-electron chi connectivity index (χ2n) is 4.12. The van der Waals surface area contributed by atoms with Gasteiger partial charge in [-0.15, -0.1) is 0 Å². The fourth-order valence-electron chi connectivity index (χ4n) is 1.88. The quantitative estimate of drug-likeness (QED) is 0.909. The molecule has 0 fully saturated rings. The van der Waals surface area contributed by atoms with E-state index in [0.717, 1.165) is 23.7 Å². The van der Waals surface area contributed by atoms with E-state index in [1.165, 1.54) is 6.07 Å². The number of nitrogens with zero attached hydrogens (tertiary/aromatic N) is 2. The Labute approximate surface area is 104 Å². The first-order valence-corrected chi connectivity index (χ1v) is 5.63. The van der Waals surface area contributed by atoms with Crippen LogP contribution in [-0.2, 0) is 13.5 Å². The van der Waals surface area contributed by atoms with Gasteiger partial charge in [0, 0.05) is 24.7 Å². The Morgan fingerprint density at radius 1 is 1.28 bits per heavy atom. The lowest BCUT2D eigenvalue weighted by atomic mass is 10.1. The monoisotopic (exact) mass is 252 g/mol. The summed E-state index contributed by atoms with van der Waals surface area (Å²) in [6.07, 6.45) is 0.432. The highest BCUT2D eigenvalue weighted by Gasteiger charge is 2.14. The molecule has 2 aromatic rings. The molecule has 5 heteroatoms. The van der Waals surface area contributed by atoms with Crippen molar-refractivity contribution in [2.75, 3.05) is 6.61 Å². The Kier molecular flexibility index (Phi) is 3.43. The molecule has 0 saturated heterocycles. The van der Waals surface area contributed by atoms with Crippen LogP contribution in [0.1, 0.15) is 11.5 Å². The first-order chi connectivity index (χ1) is 8.54. The number of halogens is 2. The van der Waals surface area contributed by atoms with E-state index in [1.807, 2.05) is 18.5 Å². The second kappa shape index (κ2) is 4.86. The first kappa shape index (κ1) is 12.7. The number of hydrogen-bond donors (Lipinski definition) is 1. The third kappa shape index (κ3) is 2.13. The lowest BCUT2D eigenvalue weighted by molar-refractivity contribution is 0.295. The molecule has 0 spiro atoms. The Balaban J connectivity index is 2.50. The molecule has 0 aliphatic heterocycles. The van der Waals surface area contributed by atoms with Gasteiger partial charge in [-0.25, -0.2) is 13.8 Å². The molecule has 0 bridgehead atoms. The van der Waals surface area contributed by atoms with Crippen molar-refractivity contribution in [1.29, 1.82) is 0 Å². The standard InChI is InChI=1S/C13H14F2N2O/c1-8-13(16-12(5-6-18)17(8)2)9-3-4-10(14)11(15)7-9/h3-4,7,18H,5-6H2,1-2H3. The topological polar surface area (TPSA) is 38.1 Å². The zero-order valence-electron chi connectivity index (χ0n) is 10.2. The molecule has 0 aliphatic rings. The van der Waals surface area contributed by atoms with Gasteiger partial charge >= 0.3 is 0 Å². The summed E-state index contributed by atoms with van der Waals surface area (Å²) in [5, 5.41) is 8.93. The highest BCUT2D eigenvalue weighted by atomic mass is 19.2. The maximum absolute atomic E-state index is 13.2. The van der Waals surface area contributed by atoms with Gasteiger partial charge in [-0.05, 0) is 25.1 Å². The summed E-state index contributed by atoms with van der Waals surface area (Å²) in [5.74, 6) is -1.04. The van der Waals surface area contributed by atoms with E-state index in [4.69, 9.17) is 5.11 Å². The Morgan fingerprint density at radius 3 is 2.61 bits per heavy atom. The molecule has 2 rings (SSSR count). The number of rotatable bonds is 3. The molecule has 0 radical (unpaired) electrons. The summed E-state index contributed by atoms with van der Waals surface area (Å²) in [6.45, 7) is 1.85. The molecule has 96 valence electrons. The number of aliphatic hydroxyl groups is 1. The summed E-state index contributed by atoms with van der Waals surface area (Å²) in [4.78, 5) is 4.35. The van der Waals surface area contributed by atoms with Crippen LogP contribution in [0.3, 0.4) is 0 Å². The fourth-order valence-corrected chi connectivity index (χ4v) is 1.88. The minimum atomic E-state index is -0.888. The van der Waals surface area contributed by atoms with Gasteiger partial charge in [-0.1, -0.05) is 0 Å². The first-order valence-electron chi connectivity index (χ1n) is 5.63. The summed E-state index contributed by atoms with van der Waals surface area (Å²) in [5.41, 5.74) is 2.00. The van der Waals surface area contributed by atoms with Crippen molar-refractivity contribution < 1.29 is 13.9 Å². The van der Waals surface area contributed by atoms with Crippen LogP contribution in [-0.4, -0.2) is 21.3 Å². The van der Waals surface area contributed by atoms with E-state index < -0.39 is 11.6 Å². The van der Waals surface area contributed by atoms with Crippen LogP contribution in [0.25, 0.3) is 11.3 Å². The van der Waals surface area contributed by atoms with Crippen LogP contribution in [0.15, 0.2) is 18.2 Å². The van der Waals surface area contributed by atoms with Crippen LogP contribution in [0.4, 0.5) is 8.78 Å². The van der Waals surface area contributed by atoms with Crippen LogP contribution < -0.4 is 0 Å². The third-order valence-electron chi connectivity index (χ3n) is 3.00. The van der Waals surface area contributed by atoms with Gasteiger partial charge in [0.15, 0.2) is 11.6 Å². The predicted molar refractivity (Wildman–Crippen MR) is 64.1 cm³/mol. The van der Waals surface area contributed by atoms with Crippen molar-refractivity contribution >= 4 is 0 Å². The lowest BCUT2D eigenvalue weighted by Crippen LogP contribution is -2.01. The molecule has 1 aromatic carbocycles. The van der Waals surface area contributed by atoms with Crippen LogP contribution >= 0.6 is 0 Å². The van der Waals surface area contributed by atoms with E-state index in [1.54, 1.807) is 0 Å². The van der Waals surface area contributed by atoms with Gasteiger partial charge in [0.05, 0.1) is 12.3 Å². The molecular weight excluding hydrogens is 238 g/mol. The van der Waals surface area contributed by atoms with E-state index in [2.05, 4.69) is 4.98 Å². The molecule has 0 atom stereocenters. The molecule has 0 aliphatic carbocycles.